The summed E-state index contributed by atoms with van der Waals surface area (Å²) in [5.74, 6) is -0.719. The first-order valence-electron chi connectivity index (χ1n) is 9.56. The lowest BCUT2D eigenvalue weighted by molar-refractivity contribution is -0.128. The Morgan fingerprint density at radius 3 is 2.24 bits per heavy atom. The van der Waals surface area contributed by atoms with E-state index in [2.05, 4.69) is 0 Å². The van der Waals surface area contributed by atoms with E-state index in [1.54, 1.807) is 11.0 Å². The van der Waals surface area contributed by atoms with Gasteiger partial charge in [-0.05, 0) is 29.7 Å². The molecule has 0 radical (unpaired) electrons. The van der Waals surface area contributed by atoms with Gasteiger partial charge in [0.25, 0.3) is 0 Å². The molecular weight excluding hydrogens is 365 g/mol. The van der Waals surface area contributed by atoms with E-state index in [-0.39, 0.29) is 18.1 Å². The molecule has 1 heterocycles. The normalized spacial score (nSPS) is 14.2. The predicted octanol–water partition coefficient (Wildman–Crippen LogP) is 5.24. The zero-order valence-corrected chi connectivity index (χ0v) is 15.8. The zero-order valence-electron chi connectivity index (χ0n) is 15.8. The van der Waals surface area contributed by atoms with Gasteiger partial charge in [-0.25, -0.2) is 4.39 Å². The maximum absolute atomic E-state index is 13.7. The lowest BCUT2D eigenvalue weighted by Gasteiger charge is -2.32. The quantitative estimate of drug-likeness (QED) is 0.563. The van der Waals surface area contributed by atoms with Crippen LogP contribution in [0.1, 0.15) is 34.3 Å². The van der Waals surface area contributed by atoms with Crippen LogP contribution in [0.5, 0.6) is 0 Å². The number of amides is 1. The fraction of sp³-hybridized carbons (Fsp3) is 0.120. The van der Waals surface area contributed by atoms with E-state index in [0.29, 0.717) is 29.8 Å². The summed E-state index contributed by atoms with van der Waals surface area (Å²) >= 11 is 0. The van der Waals surface area contributed by atoms with Gasteiger partial charge in [0, 0.05) is 17.6 Å². The molecular formula is C25H20FNO2. The fourth-order valence-electron chi connectivity index (χ4n) is 3.66. The summed E-state index contributed by atoms with van der Waals surface area (Å²) in [5.41, 5.74) is 3.23. The van der Waals surface area contributed by atoms with Crippen molar-refractivity contribution >= 4 is 17.4 Å². The third kappa shape index (κ3) is 4.02. The van der Waals surface area contributed by atoms with Gasteiger partial charge in [-0.1, -0.05) is 72.8 Å². The highest BCUT2D eigenvalue weighted by Gasteiger charge is 2.31. The lowest BCUT2D eigenvalue weighted by Crippen LogP contribution is -2.34. The van der Waals surface area contributed by atoms with Crippen molar-refractivity contribution in [1.82, 2.24) is 4.90 Å². The number of nitrogens with zero attached hydrogens (tertiary/aromatic N) is 1. The van der Waals surface area contributed by atoms with Crippen LogP contribution in [0.4, 0.5) is 4.39 Å². The summed E-state index contributed by atoms with van der Waals surface area (Å²) < 4.78 is 13.7. The second-order valence-corrected chi connectivity index (χ2v) is 7.00. The first-order chi connectivity index (χ1) is 14.1. The number of rotatable bonds is 5. The largest absolute Gasteiger partial charge is 0.307 e. The number of halogens is 1. The van der Waals surface area contributed by atoms with Crippen LogP contribution in [-0.2, 0) is 11.3 Å². The van der Waals surface area contributed by atoms with Crippen molar-refractivity contribution in [3.63, 3.8) is 0 Å². The third-order valence-electron chi connectivity index (χ3n) is 5.04. The maximum atomic E-state index is 13.7. The minimum absolute atomic E-state index is 0.0245. The van der Waals surface area contributed by atoms with Gasteiger partial charge in [0.15, 0.2) is 5.78 Å². The molecule has 0 N–H and O–H groups in total. The van der Waals surface area contributed by atoms with E-state index in [1.165, 1.54) is 18.2 Å². The number of allylic oxidation sites excluding steroid dienone is 1. The van der Waals surface area contributed by atoms with E-state index < -0.39 is 5.82 Å². The van der Waals surface area contributed by atoms with Gasteiger partial charge < -0.3 is 4.90 Å². The van der Waals surface area contributed by atoms with Crippen molar-refractivity contribution in [3.05, 3.63) is 113 Å². The molecule has 3 nitrogen and oxygen atoms in total. The number of ketones is 1. The molecule has 0 saturated heterocycles. The number of carbonyl (C=O) groups is 2. The van der Waals surface area contributed by atoms with Crippen molar-refractivity contribution < 1.29 is 14.0 Å². The van der Waals surface area contributed by atoms with E-state index >= 15 is 0 Å². The van der Waals surface area contributed by atoms with Crippen LogP contribution < -0.4 is 0 Å². The molecule has 4 rings (SSSR count). The van der Waals surface area contributed by atoms with Crippen LogP contribution in [0.2, 0.25) is 0 Å². The Kier molecular flexibility index (Phi) is 5.34. The minimum atomic E-state index is -0.453. The Morgan fingerprint density at radius 1 is 0.862 bits per heavy atom. The SMILES string of the molecule is O=C(C1=C(c2ccccc2)N(Cc2ccccc2)C(=O)CC1)c1cccc(F)c1. The molecule has 0 aromatic heterocycles. The highest BCUT2D eigenvalue weighted by molar-refractivity contribution is 6.15. The lowest BCUT2D eigenvalue weighted by atomic mass is 9.90. The molecule has 0 atom stereocenters. The summed E-state index contributed by atoms with van der Waals surface area (Å²) in [6.07, 6.45) is 0.587. The van der Waals surface area contributed by atoms with Crippen molar-refractivity contribution in [3.8, 4) is 0 Å². The molecule has 0 spiro atoms. The molecule has 4 heteroatoms. The molecule has 1 aliphatic heterocycles. The van der Waals surface area contributed by atoms with Crippen LogP contribution in [0, 0.1) is 5.82 Å². The molecule has 1 amide bonds. The molecule has 0 unspecified atom stereocenters. The molecule has 3 aromatic carbocycles. The zero-order chi connectivity index (χ0) is 20.2. The van der Waals surface area contributed by atoms with Crippen molar-refractivity contribution in [2.75, 3.05) is 0 Å². The number of hydrogen-bond donors (Lipinski definition) is 0. The molecule has 0 aliphatic carbocycles. The Morgan fingerprint density at radius 2 is 1.55 bits per heavy atom. The molecule has 0 fully saturated rings. The van der Waals surface area contributed by atoms with Crippen LogP contribution in [0.15, 0.2) is 90.5 Å². The Balaban J connectivity index is 1.84. The summed E-state index contributed by atoms with van der Waals surface area (Å²) in [7, 11) is 0. The predicted molar refractivity (Wildman–Crippen MR) is 110 cm³/mol. The van der Waals surface area contributed by atoms with Gasteiger partial charge in [-0.15, -0.1) is 0 Å². The summed E-state index contributed by atoms with van der Waals surface area (Å²) in [4.78, 5) is 27.8. The van der Waals surface area contributed by atoms with E-state index in [1.807, 2.05) is 60.7 Å². The Hall–Kier alpha value is -3.53. The van der Waals surface area contributed by atoms with Gasteiger partial charge in [0.2, 0.25) is 5.91 Å². The number of hydrogen-bond acceptors (Lipinski definition) is 2. The smallest absolute Gasteiger partial charge is 0.227 e. The molecule has 0 bridgehead atoms. The average molecular weight is 385 g/mol. The van der Waals surface area contributed by atoms with E-state index in [9.17, 15) is 14.0 Å². The highest BCUT2D eigenvalue weighted by Crippen LogP contribution is 2.34. The van der Waals surface area contributed by atoms with Gasteiger partial charge in [-0.2, -0.15) is 0 Å². The van der Waals surface area contributed by atoms with E-state index in [0.717, 1.165) is 11.1 Å². The molecule has 144 valence electrons. The van der Waals surface area contributed by atoms with Gasteiger partial charge in [-0.3, -0.25) is 9.59 Å². The van der Waals surface area contributed by atoms with Gasteiger partial charge in [0.05, 0.1) is 12.2 Å². The van der Waals surface area contributed by atoms with Crippen LogP contribution in [0.3, 0.4) is 0 Å². The molecule has 1 aliphatic rings. The molecule has 0 saturated carbocycles. The topological polar surface area (TPSA) is 37.4 Å². The second kappa shape index (κ2) is 8.23. The average Bonchev–Trinajstić information content (AvgIpc) is 2.76. The van der Waals surface area contributed by atoms with E-state index in [4.69, 9.17) is 0 Å². The Labute approximate surface area is 169 Å². The molecule has 29 heavy (non-hydrogen) atoms. The van der Waals surface area contributed by atoms with Gasteiger partial charge >= 0.3 is 0 Å². The van der Waals surface area contributed by atoms with Crippen LogP contribution in [0.25, 0.3) is 5.70 Å². The Bertz CT molecular complexity index is 1070. The first kappa shape index (κ1) is 18.8. The highest BCUT2D eigenvalue weighted by atomic mass is 19.1. The van der Waals surface area contributed by atoms with Gasteiger partial charge in [0.1, 0.15) is 5.82 Å². The number of Topliss-reactive ketones (excluding diaryl/α,β-unsaturated/α-hetero) is 1. The monoisotopic (exact) mass is 385 g/mol. The number of benzene rings is 3. The minimum Gasteiger partial charge on any atom is -0.307 e. The summed E-state index contributed by atoms with van der Waals surface area (Å²) in [5, 5.41) is 0. The van der Waals surface area contributed by atoms with Crippen molar-refractivity contribution in [1.29, 1.82) is 0 Å². The first-order valence-corrected chi connectivity index (χ1v) is 9.56. The maximum Gasteiger partial charge on any atom is 0.227 e. The third-order valence-corrected chi connectivity index (χ3v) is 5.04. The summed E-state index contributed by atoms with van der Waals surface area (Å²) in [6.45, 7) is 0.379. The van der Waals surface area contributed by atoms with Crippen molar-refractivity contribution in [2.45, 2.75) is 19.4 Å². The standard InChI is InChI=1S/C25H20FNO2/c26-21-13-7-12-20(16-21)25(29)22-14-15-23(28)27(17-18-8-3-1-4-9-18)24(22)19-10-5-2-6-11-19/h1-13,16H,14-15,17H2. The van der Waals surface area contributed by atoms with Crippen LogP contribution in [-0.4, -0.2) is 16.6 Å². The molecule has 3 aromatic rings. The number of carbonyl (C=O) groups excluding carboxylic acids is 2. The fourth-order valence-corrected chi connectivity index (χ4v) is 3.66. The summed E-state index contributed by atoms with van der Waals surface area (Å²) in [6, 6.07) is 24.8. The van der Waals surface area contributed by atoms with Crippen molar-refractivity contribution in [2.24, 2.45) is 0 Å². The second-order valence-electron chi connectivity index (χ2n) is 7.00. The van der Waals surface area contributed by atoms with Crippen LogP contribution >= 0.6 is 0 Å².